The Morgan fingerprint density at radius 1 is 1.19 bits per heavy atom. The molecule has 9 nitrogen and oxygen atoms in total. The van der Waals surface area contributed by atoms with E-state index in [1.54, 1.807) is 31.2 Å². The average molecular weight is 373 g/mol. The van der Waals surface area contributed by atoms with Gasteiger partial charge in [-0.25, -0.2) is 9.78 Å². The van der Waals surface area contributed by atoms with E-state index in [0.29, 0.717) is 5.69 Å². The van der Waals surface area contributed by atoms with Crippen LogP contribution in [-0.2, 0) is 22.4 Å². The fourth-order valence-corrected chi connectivity index (χ4v) is 2.47. The van der Waals surface area contributed by atoms with Gasteiger partial charge in [0, 0.05) is 19.0 Å². The van der Waals surface area contributed by atoms with Gasteiger partial charge in [0.2, 0.25) is 11.8 Å². The lowest BCUT2D eigenvalue weighted by Crippen LogP contribution is -2.50. The first-order valence-electron chi connectivity index (χ1n) is 8.43. The molecule has 2 rings (SSSR count). The number of carboxylic acids is 1. The van der Waals surface area contributed by atoms with E-state index in [2.05, 4.69) is 10.3 Å². The van der Waals surface area contributed by atoms with Gasteiger partial charge in [0.25, 0.3) is 0 Å². The fourth-order valence-electron chi connectivity index (χ4n) is 2.47. The summed E-state index contributed by atoms with van der Waals surface area (Å²) in [6.07, 6.45) is 2.97. The molecule has 3 atom stereocenters. The molecule has 1 aromatic heterocycles. The zero-order chi connectivity index (χ0) is 20.0. The van der Waals surface area contributed by atoms with Gasteiger partial charge in [0.05, 0.1) is 17.8 Å². The summed E-state index contributed by atoms with van der Waals surface area (Å²) in [5.41, 5.74) is 12.6. The molecular formula is C18H23N5O4. The SMILES string of the molecule is C[C@H](N)C(=O)n1cnc(C[C@H](N)C(=O)N[C@@H](Cc2ccccc2)C(=O)O)c1. The number of amides is 1. The highest BCUT2D eigenvalue weighted by Gasteiger charge is 2.24. The molecule has 1 heterocycles. The van der Waals surface area contributed by atoms with Crippen molar-refractivity contribution in [2.45, 2.75) is 37.9 Å². The molecular weight excluding hydrogens is 350 g/mol. The summed E-state index contributed by atoms with van der Waals surface area (Å²) < 4.78 is 1.24. The third-order valence-electron chi connectivity index (χ3n) is 3.94. The number of nitrogens with one attached hydrogen (secondary N) is 1. The maximum atomic E-state index is 12.3. The van der Waals surface area contributed by atoms with E-state index >= 15 is 0 Å². The first kappa shape index (κ1) is 20.3. The number of aliphatic carboxylic acids is 1. The maximum absolute atomic E-state index is 12.3. The molecule has 0 fully saturated rings. The van der Waals surface area contributed by atoms with Gasteiger partial charge in [0.15, 0.2) is 0 Å². The second-order valence-corrected chi connectivity index (χ2v) is 6.30. The Bertz CT molecular complexity index is 803. The minimum absolute atomic E-state index is 0.0583. The molecule has 0 aliphatic heterocycles. The Balaban J connectivity index is 1.97. The van der Waals surface area contributed by atoms with Crippen molar-refractivity contribution in [2.75, 3.05) is 0 Å². The van der Waals surface area contributed by atoms with Gasteiger partial charge in [-0.3, -0.25) is 14.2 Å². The first-order valence-corrected chi connectivity index (χ1v) is 8.43. The van der Waals surface area contributed by atoms with Gasteiger partial charge in [0.1, 0.15) is 12.4 Å². The van der Waals surface area contributed by atoms with E-state index in [0.717, 1.165) is 5.56 Å². The maximum Gasteiger partial charge on any atom is 0.326 e. The van der Waals surface area contributed by atoms with E-state index in [9.17, 15) is 19.5 Å². The van der Waals surface area contributed by atoms with Crippen molar-refractivity contribution >= 4 is 17.8 Å². The summed E-state index contributed by atoms with van der Waals surface area (Å²) in [7, 11) is 0. The van der Waals surface area contributed by atoms with Crippen LogP contribution in [0.2, 0.25) is 0 Å². The minimum Gasteiger partial charge on any atom is -0.480 e. The number of benzene rings is 1. The number of nitrogens with zero attached hydrogens (tertiary/aromatic N) is 2. The van der Waals surface area contributed by atoms with Gasteiger partial charge in [-0.05, 0) is 12.5 Å². The molecule has 6 N–H and O–H groups in total. The van der Waals surface area contributed by atoms with E-state index in [-0.39, 0.29) is 18.7 Å². The van der Waals surface area contributed by atoms with Crippen molar-refractivity contribution < 1.29 is 19.5 Å². The van der Waals surface area contributed by atoms with Crippen LogP contribution < -0.4 is 16.8 Å². The van der Waals surface area contributed by atoms with E-state index in [4.69, 9.17) is 11.5 Å². The van der Waals surface area contributed by atoms with E-state index in [1.807, 2.05) is 6.07 Å². The number of hydrogen-bond donors (Lipinski definition) is 4. The van der Waals surface area contributed by atoms with Crippen molar-refractivity contribution in [1.29, 1.82) is 0 Å². The molecule has 1 aromatic carbocycles. The number of rotatable bonds is 8. The molecule has 0 radical (unpaired) electrons. The summed E-state index contributed by atoms with van der Waals surface area (Å²) in [5.74, 6) is -2.09. The lowest BCUT2D eigenvalue weighted by molar-refractivity contribution is -0.142. The molecule has 144 valence electrons. The average Bonchev–Trinajstić information content (AvgIpc) is 3.09. The standard InChI is InChI=1S/C18H23N5O4/c1-11(19)17(25)23-9-13(21-10-23)8-14(20)16(24)22-15(18(26)27)7-12-5-3-2-4-6-12/h2-6,9-11,14-15H,7-8,19-20H2,1H3,(H,22,24)(H,26,27)/t11-,14-,15-/m0/s1. The van der Waals surface area contributed by atoms with Crippen LogP contribution in [0.25, 0.3) is 0 Å². The zero-order valence-corrected chi connectivity index (χ0v) is 14.9. The van der Waals surface area contributed by atoms with Gasteiger partial charge < -0.3 is 21.9 Å². The molecule has 0 saturated carbocycles. The highest BCUT2D eigenvalue weighted by Crippen LogP contribution is 2.05. The lowest BCUT2D eigenvalue weighted by atomic mass is 10.1. The summed E-state index contributed by atoms with van der Waals surface area (Å²) in [5, 5.41) is 11.8. The molecule has 0 spiro atoms. The smallest absolute Gasteiger partial charge is 0.326 e. The van der Waals surface area contributed by atoms with Crippen molar-refractivity contribution in [1.82, 2.24) is 14.9 Å². The molecule has 2 aromatic rings. The second kappa shape index (κ2) is 9.06. The van der Waals surface area contributed by atoms with Crippen LogP contribution in [0.3, 0.4) is 0 Å². The zero-order valence-electron chi connectivity index (χ0n) is 14.9. The first-order chi connectivity index (χ1) is 12.8. The Kier molecular flexibility index (Phi) is 6.80. The van der Waals surface area contributed by atoms with Crippen molar-refractivity contribution in [3.63, 3.8) is 0 Å². The van der Waals surface area contributed by atoms with Crippen LogP contribution in [0.1, 0.15) is 23.0 Å². The topological polar surface area (TPSA) is 153 Å². The predicted molar refractivity (Wildman–Crippen MR) is 97.9 cm³/mol. The van der Waals surface area contributed by atoms with Gasteiger partial charge >= 0.3 is 5.97 Å². The molecule has 1 amide bonds. The molecule has 0 saturated heterocycles. The summed E-state index contributed by atoms with van der Waals surface area (Å²) in [6, 6.07) is 6.19. The van der Waals surface area contributed by atoms with Crippen molar-refractivity contribution in [2.24, 2.45) is 11.5 Å². The summed E-state index contributed by atoms with van der Waals surface area (Å²) in [4.78, 5) is 39.6. The van der Waals surface area contributed by atoms with E-state index in [1.165, 1.54) is 17.1 Å². The van der Waals surface area contributed by atoms with Crippen LogP contribution in [0.5, 0.6) is 0 Å². The number of aromatic nitrogens is 2. The summed E-state index contributed by atoms with van der Waals surface area (Å²) in [6.45, 7) is 1.56. The molecule has 27 heavy (non-hydrogen) atoms. The number of carboxylic acid groups (broad SMARTS) is 1. The number of carbonyl (C=O) groups is 3. The quantitative estimate of drug-likeness (QED) is 0.489. The van der Waals surface area contributed by atoms with Gasteiger partial charge in [-0.2, -0.15) is 0 Å². The Labute approximate surface area is 156 Å². The third-order valence-corrected chi connectivity index (χ3v) is 3.94. The van der Waals surface area contributed by atoms with Crippen LogP contribution in [-0.4, -0.2) is 50.6 Å². The van der Waals surface area contributed by atoms with Crippen LogP contribution >= 0.6 is 0 Å². The minimum atomic E-state index is -1.15. The molecule has 0 aliphatic rings. The van der Waals surface area contributed by atoms with Crippen LogP contribution in [0.15, 0.2) is 42.9 Å². The Morgan fingerprint density at radius 2 is 1.85 bits per heavy atom. The molecule has 9 heteroatoms. The van der Waals surface area contributed by atoms with Crippen molar-refractivity contribution in [3.05, 3.63) is 54.1 Å². The molecule has 0 unspecified atom stereocenters. The third kappa shape index (κ3) is 5.73. The summed E-state index contributed by atoms with van der Waals surface area (Å²) >= 11 is 0. The Hall–Kier alpha value is -3.04. The highest BCUT2D eigenvalue weighted by molar-refractivity contribution is 5.87. The highest BCUT2D eigenvalue weighted by atomic mass is 16.4. The number of carbonyl (C=O) groups excluding carboxylic acids is 2. The largest absolute Gasteiger partial charge is 0.480 e. The van der Waals surface area contributed by atoms with Gasteiger partial charge in [-0.1, -0.05) is 30.3 Å². The number of hydrogen-bond acceptors (Lipinski definition) is 6. The van der Waals surface area contributed by atoms with Gasteiger partial charge in [-0.15, -0.1) is 0 Å². The molecule has 0 aliphatic carbocycles. The fraction of sp³-hybridized carbons (Fsp3) is 0.333. The van der Waals surface area contributed by atoms with Crippen LogP contribution in [0.4, 0.5) is 0 Å². The predicted octanol–water partition coefficient (Wildman–Crippen LogP) is -0.448. The molecule has 0 bridgehead atoms. The second-order valence-electron chi connectivity index (χ2n) is 6.30. The van der Waals surface area contributed by atoms with E-state index < -0.39 is 30.0 Å². The van der Waals surface area contributed by atoms with Crippen LogP contribution in [0, 0.1) is 0 Å². The monoisotopic (exact) mass is 373 g/mol. The normalized spacial score (nSPS) is 14.2. The Morgan fingerprint density at radius 3 is 2.44 bits per heavy atom. The number of imidazole rings is 1. The lowest BCUT2D eigenvalue weighted by Gasteiger charge is -2.17. The number of nitrogens with two attached hydrogens (primary N) is 2. The van der Waals surface area contributed by atoms with Crippen molar-refractivity contribution in [3.8, 4) is 0 Å².